The number of carbonyl (C=O) groups excluding carboxylic acids is 1. The number of rotatable bonds is 8. The van der Waals surface area contributed by atoms with E-state index in [1.165, 1.54) is 11.3 Å². The second-order valence-corrected chi connectivity index (χ2v) is 4.87. The van der Waals surface area contributed by atoms with Crippen molar-refractivity contribution in [3.05, 3.63) is 4.88 Å². The van der Waals surface area contributed by atoms with Crippen molar-refractivity contribution in [1.82, 2.24) is 15.6 Å². The molecule has 0 saturated carbocycles. The Kier molecular flexibility index (Phi) is 6.45. The second kappa shape index (κ2) is 7.88. The van der Waals surface area contributed by atoms with Crippen LogP contribution in [0, 0.1) is 0 Å². The molecule has 0 aromatic carbocycles. The van der Waals surface area contributed by atoms with Gasteiger partial charge in [0.15, 0.2) is 5.13 Å². The number of nitrogens with two attached hydrogens (primary N) is 1. The Balaban J connectivity index is 2.48. The average Bonchev–Trinajstić information content (AvgIpc) is 2.73. The molecule has 1 rings (SSSR count). The standard InChI is InChI=1S/C11H21N5OS/c1-3-5-15-11-16-9(12)8(18-11)10(17)14-7-4-6-13-2/h13H,3-7,12H2,1-2H3,(H,14,17)(H,15,16). The fourth-order valence-corrected chi connectivity index (χ4v) is 2.18. The van der Waals surface area contributed by atoms with E-state index in [-0.39, 0.29) is 5.91 Å². The van der Waals surface area contributed by atoms with Crippen LogP contribution in [0.4, 0.5) is 10.9 Å². The molecule has 0 aliphatic heterocycles. The lowest BCUT2D eigenvalue weighted by atomic mass is 10.4. The van der Waals surface area contributed by atoms with Gasteiger partial charge in [0.25, 0.3) is 5.91 Å². The van der Waals surface area contributed by atoms with E-state index in [4.69, 9.17) is 5.73 Å². The third-order valence-electron chi connectivity index (χ3n) is 2.27. The first kappa shape index (κ1) is 14.7. The van der Waals surface area contributed by atoms with Crippen LogP contribution in [0.25, 0.3) is 0 Å². The highest BCUT2D eigenvalue weighted by molar-refractivity contribution is 7.18. The summed E-state index contributed by atoms with van der Waals surface area (Å²) in [7, 11) is 1.88. The van der Waals surface area contributed by atoms with E-state index in [1.807, 2.05) is 7.05 Å². The van der Waals surface area contributed by atoms with Gasteiger partial charge in [-0.3, -0.25) is 4.79 Å². The Labute approximate surface area is 111 Å². The van der Waals surface area contributed by atoms with E-state index in [0.717, 1.165) is 25.9 Å². The molecule has 7 heteroatoms. The van der Waals surface area contributed by atoms with Gasteiger partial charge in [-0.1, -0.05) is 18.3 Å². The van der Waals surface area contributed by atoms with Crippen molar-refractivity contribution in [2.24, 2.45) is 0 Å². The molecule has 0 aliphatic carbocycles. The van der Waals surface area contributed by atoms with Crippen molar-refractivity contribution in [2.75, 3.05) is 37.7 Å². The van der Waals surface area contributed by atoms with Gasteiger partial charge in [-0.25, -0.2) is 4.98 Å². The number of aromatic nitrogens is 1. The van der Waals surface area contributed by atoms with Crippen LogP contribution in [0.3, 0.4) is 0 Å². The number of nitrogens with zero attached hydrogens (tertiary/aromatic N) is 1. The topological polar surface area (TPSA) is 92.1 Å². The normalized spacial score (nSPS) is 10.3. The molecule has 0 saturated heterocycles. The highest BCUT2D eigenvalue weighted by Crippen LogP contribution is 2.24. The minimum absolute atomic E-state index is 0.148. The number of thiazole rings is 1. The fourth-order valence-electron chi connectivity index (χ4n) is 1.35. The Morgan fingerprint density at radius 2 is 2.17 bits per heavy atom. The first-order valence-electron chi connectivity index (χ1n) is 6.12. The maximum Gasteiger partial charge on any atom is 0.265 e. The minimum atomic E-state index is -0.148. The molecule has 1 aromatic rings. The summed E-state index contributed by atoms with van der Waals surface area (Å²) in [6.07, 6.45) is 1.90. The van der Waals surface area contributed by atoms with Crippen LogP contribution in [-0.2, 0) is 0 Å². The monoisotopic (exact) mass is 271 g/mol. The van der Waals surface area contributed by atoms with Crippen LogP contribution >= 0.6 is 11.3 Å². The zero-order chi connectivity index (χ0) is 13.4. The molecule has 0 radical (unpaired) electrons. The van der Waals surface area contributed by atoms with Gasteiger partial charge in [0, 0.05) is 13.1 Å². The molecule has 1 heterocycles. The van der Waals surface area contributed by atoms with Crippen LogP contribution in [0.1, 0.15) is 29.4 Å². The highest BCUT2D eigenvalue weighted by Gasteiger charge is 2.15. The first-order valence-corrected chi connectivity index (χ1v) is 6.93. The van der Waals surface area contributed by atoms with E-state index < -0.39 is 0 Å². The molecule has 0 fully saturated rings. The maximum absolute atomic E-state index is 11.8. The van der Waals surface area contributed by atoms with Crippen molar-refractivity contribution < 1.29 is 4.79 Å². The summed E-state index contributed by atoms with van der Waals surface area (Å²) in [5.74, 6) is 0.148. The molecular formula is C11H21N5OS. The molecule has 18 heavy (non-hydrogen) atoms. The summed E-state index contributed by atoms with van der Waals surface area (Å²) in [5, 5.41) is 9.68. The molecule has 0 unspecified atom stereocenters. The van der Waals surface area contributed by atoms with Crippen LogP contribution in [0.5, 0.6) is 0 Å². The minimum Gasteiger partial charge on any atom is -0.382 e. The summed E-state index contributed by atoms with van der Waals surface area (Å²) in [4.78, 5) is 16.5. The lowest BCUT2D eigenvalue weighted by Crippen LogP contribution is -2.26. The first-order chi connectivity index (χ1) is 8.69. The molecule has 0 atom stereocenters. The molecule has 0 aliphatic rings. The van der Waals surface area contributed by atoms with Gasteiger partial charge < -0.3 is 21.7 Å². The largest absolute Gasteiger partial charge is 0.382 e. The summed E-state index contributed by atoms with van der Waals surface area (Å²) in [6, 6.07) is 0. The third-order valence-corrected chi connectivity index (χ3v) is 3.30. The van der Waals surface area contributed by atoms with Crippen molar-refractivity contribution in [1.29, 1.82) is 0 Å². The van der Waals surface area contributed by atoms with Crippen molar-refractivity contribution >= 4 is 28.2 Å². The molecule has 0 spiro atoms. The molecule has 102 valence electrons. The van der Waals surface area contributed by atoms with Crippen molar-refractivity contribution in [3.63, 3.8) is 0 Å². The van der Waals surface area contributed by atoms with Gasteiger partial charge in [-0.05, 0) is 26.4 Å². The number of amides is 1. The number of hydrogen-bond donors (Lipinski definition) is 4. The van der Waals surface area contributed by atoms with E-state index in [0.29, 0.717) is 22.4 Å². The molecule has 1 amide bonds. The van der Waals surface area contributed by atoms with E-state index >= 15 is 0 Å². The van der Waals surface area contributed by atoms with Crippen LogP contribution in [0.2, 0.25) is 0 Å². The summed E-state index contributed by atoms with van der Waals surface area (Å²) in [6.45, 7) is 4.41. The second-order valence-electron chi connectivity index (χ2n) is 3.87. The predicted octanol–water partition coefficient (Wildman–Crippen LogP) is 0.887. The zero-order valence-electron chi connectivity index (χ0n) is 10.9. The van der Waals surface area contributed by atoms with Gasteiger partial charge in [-0.15, -0.1) is 0 Å². The van der Waals surface area contributed by atoms with Gasteiger partial charge in [0.05, 0.1) is 0 Å². The molecular weight excluding hydrogens is 250 g/mol. The SMILES string of the molecule is CCCNc1nc(N)c(C(=O)NCCCNC)s1. The molecule has 1 aromatic heterocycles. The summed E-state index contributed by atoms with van der Waals surface area (Å²) < 4.78 is 0. The van der Waals surface area contributed by atoms with Crippen molar-refractivity contribution in [3.8, 4) is 0 Å². The number of nitrogens with one attached hydrogen (secondary N) is 3. The summed E-state index contributed by atoms with van der Waals surface area (Å²) in [5.41, 5.74) is 5.73. The van der Waals surface area contributed by atoms with Gasteiger partial charge in [-0.2, -0.15) is 0 Å². The van der Waals surface area contributed by atoms with Gasteiger partial charge in [0.2, 0.25) is 0 Å². The average molecular weight is 271 g/mol. The third kappa shape index (κ3) is 4.50. The van der Waals surface area contributed by atoms with Gasteiger partial charge in [0.1, 0.15) is 10.7 Å². The van der Waals surface area contributed by atoms with E-state index in [2.05, 4.69) is 27.9 Å². The Hall–Kier alpha value is -1.34. The lowest BCUT2D eigenvalue weighted by molar-refractivity contribution is 0.0958. The van der Waals surface area contributed by atoms with Crippen LogP contribution < -0.4 is 21.7 Å². The number of carbonyl (C=O) groups is 1. The Morgan fingerprint density at radius 1 is 1.39 bits per heavy atom. The number of hydrogen-bond acceptors (Lipinski definition) is 6. The smallest absolute Gasteiger partial charge is 0.265 e. The maximum atomic E-state index is 11.8. The molecule has 6 nitrogen and oxygen atoms in total. The van der Waals surface area contributed by atoms with Crippen LogP contribution in [0.15, 0.2) is 0 Å². The van der Waals surface area contributed by atoms with Gasteiger partial charge >= 0.3 is 0 Å². The summed E-state index contributed by atoms with van der Waals surface area (Å²) >= 11 is 1.30. The lowest BCUT2D eigenvalue weighted by Gasteiger charge is -2.03. The number of nitrogen functional groups attached to an aromatic ring is 1. The number of anilines is 2. The predicted molar refractivity (Wildman–Crippen MR) is 76.2 cm³/mol. The zero-order valence-corrected chi connectivity index (χ0v) is 11.7. The van der Waals surface area contributed by atoms with Crippen molar-refractivity contribution in [2.45, 2.75) is 19.8 Å². The quantitative estimate of drug-likeness (QED) is 0.527. The molecule has 5 N–H and O–H groups in total. The van der Waals surface area contributed by atoms with Crippen LogP contribution in [-0.4, -0.2) is 37.6 Å². The van der Waals surface area contributed by atoms with E-state index in [9.17, 15) is 4.79 Å². The Bertz CT molecular complexity index is 380. The highest BCUT2D eigenvalue weighted by atomic mass is 32.1. The van der Waals surface area contributed by atoms with E-state index in [1.54, 1.807) is 0 Å². The fraction of sp³-hybridized carbons (Fsp3) is 0.636. The Morgan fingerprint density at radius 3 is 2.83 bits per heavy atom. The molecule has 0 bridgehead atoms.